The maximum absolute atomic E-state index is 12.6. The van der Waals surface area contributed by atoms with Gasteiger partial charge in [-0.25, -0.2) is 0 Å². The molecule has 0 saturated carbocycles. The zero-order valence-corrected chi connectivity index (χ0v) is 14.1. The van der Waals surface area contributed by atoms with Crippen molar-refractivity contribution in [3.8, 4) is 5.69 Å². The Morgan fingerprint density at radius 1 is 1.16 bits per heavy atom. The summed E-state index contributed by atoms with van der Waals surface area (Å²) in [6.07, 6.45) is 3.61. The minimum atomic E-state index is -0.399. The van der Waals surface area contributed by atoms with Gasteiger partial charge < -0.3 is 10.4 Å². The van der Waals surface area contributed by atoms with E-state index < -0.39 is 6.04 Å². The molecule has 2 N–H and O–H groups in total. The molecule has 2 aromatic carbocycles. The van der Waals surface area contributed by atoms with E-state index in [2.05, 4.69) is 15.5 Å². The Labute approximate surface area is 150 Å². The number of hydrogen-bond donors (Lipinski definition) is 2. The van der Waals surface area contributed by atoms with Crippen LogP contribution in [0.4, 0.5) is 0 Å². The van der Waals surface area contributed by atoms with E-state index in [-0.39, 0.29) is 12.5 Å². The number of aliphatic hydroxyl groups excluding tert-OH is 1. The molecule has 7 heteroatoms. The van der Waals surface area contributed by atoms with Gasteiger partial charge in [0.2, 0.25) is 0 Å². The van der Waals surface area contributed by atoms with Gasteiger partial charge in [-0.1, -0.05) is 41.9 Å². The molecular formula is C18H17ClN4O2. The highest BCUT2D eigenvalue weighted by Gasteiger charge is 2.17. The normalized spacial score (nSPS) is 11.9. The summed E-state index contributed by atoms with van der Waals surface area (Å²) in [4.78, 5) is 12.6. The van der Waals surface area contributed by atoms with E-state index >= 15 is 0 Å². The first kappa shape index (κ1) is 17.1. The Bertz CT molecular complexity index is 838. The van der Waals surface area contributed by atoms with Crippen molar-refractivity contribution >= 4 is 17.5 Å². The molecule has 0 saturated heterocycles. The van der Waals surface area contributed by atoms with Crippen LogP contribution in [0, 0.1) is 0 Å². The van der Waals surface area contributed by atoms with Crippen molar-refractivity contribution in [2.75, 3.05) is 6.61 Å². The fraction of sp³-hybridized carbons (Fsp3) is 0.167. The number of rotatable bonds is 6. The fourth-order valence-corrected chi connectivity index (χ4v) is 2.71. The maximum atomic E-state index is 12.6. The second-order valence-electron chi connectivity index (χ2n) is 5.58. The van der Waals surface area contributed by atoms with Gasteiger partial charge in [-0.2, -0.15) is 0 Å². The number of aromatic nitrogens is 3. The second kappa shape index (κ2) is 7.92. The van der Waals surface area contributed by atoms with E-state index in [1.807, 2.05) is 30.3 Å². The lowest BCUT2D eigenvalue weighted by Crippen LogP contribution is -2.39. The van der Waals surface area contributed by atoms with Crippen LogP contribution in [0.5, 0.6) is 0 Å². The first-order valence-corrected chi connectivity index (χ1v) is 8.15. The molecule has 0 aliphatic heterocycles. The molecule has 1 heterocycles. The molecule has 3 rings (SSSR count). The zero-order chi connectivity index (χ0) is 17.6. The van der Waals surface area contributed by atoms with Gasteiger partial charge in [-0.15, -0.1) is 10.2 Å². The lowest BCUT2D eigenvalue weighted by atomic mass is 10.1. The second-order valence-corrected chi connectivity index (χ2v) is 5.98. The molecule has 0 bridgehead atoms. The Morgan fingerprint density at radius 3 is 2.56 bits per heavy atom. The smallest absolute Gasteiger partial charge is 0.253 e. The summed E-state index contributed by atoms with van der Waals surface area (Å²) in [6.45, 7) is -0.163. The van der Waals surface area contributed by atoms with Gasteiger partial charge in [0.15, 0.2) is 0 Å². The topological polar surface area (TPSA) is 80.0 Å². The highest BCUT2D eigenvalue weighted by molar-refractivity contribution is 6.33. The molecule has 3 aromatic rings. The summed E-state index contributed by atoms with van der Waals surface area (Å²) in [7, 11) is 0. The minimum absolute atomic E-state index is 0.163. The summed E-state index contributed by atoms with van der Waals surface area (Å²) in [6, 6.07) is 14.4. The van der Waals surface area contributed by atoms with Crippen molar-refractivity contribution in [3.63, 3.8) is 0 Å². The Balaban J connectivity index is 1.76. The molecule has 128 valence electrons. The van der Waals surface area contributed by atoms with E-state index in [1.165, 1.54) is 12.7 Å². The molecule has 1 amide bonds. The van der Waals surface area contributed by atoms with Gasteiger partial charge in [-0.05, 0) is 30.2 Å². The monoisotopic (exact) mass is 356 g/mol. The van der Waals surface area contributed by atoms with Crippen LogP contribution >= 0.6 is 11.6 Å². The van der Waals surface area contributed by atoms with Crippen molar-refractivity contribution in [1.29, 1.82) is 0 Å². The molecule has 0 radical (unpaired) electrons. The summed E-state index contributed by atoms with van der Waals surface area (Å²) in [5.74, 6) is -0.338. The zero-order valence-electron chi connectivity index (χ0n) is 13.3. The lowest BCUT2D eigenvalue weighted by Gasteiger charge is -2.17. The summed E-state index contributed by atoms with van der Waals surface area (Å²) in [5.41, 5.74) is 2.09. The summed E-state index contributed by atoms with van der Waals surface area (Å²) in [5, 5.41) is 20.3. The van der Waals surface area contributed by atoms with E-state index in [9.17, 15) is 9.90 Å². The van der Waals surface area contributed by atoms with Crippen molar-refractivity contribution < 1.29 is 9.90 Å². The maximum Gasteiger partial charge on any atom is 0.253 e. The van der Waals surface area contributed by atoms with Crippen molar-refractivity contribution in [2.24, 2.45) is 0 Å². The number of carbonyl (C=O) groups is 1. The van der Waals surface area contributed by atoms with Gasteiger partial charge >= 0.3 is 0 Å². The van der Waals surface area contributed by atoms with Crippen LogP contribution in [-0.2, 0) is 6.42 Å². The number of benzene rings is 2. The number of halogens is 1. The van der Waals surface area contributed by atoms with E-state index in [0.29, 0.717) is 17.0 Å². The number of amides is 1. The SMILES string of the molecule is O=C(N[C@H](CO)Cc1ccccc1)c1cc(-n2cnnc2)ccc1Cl. The summed E-state index contributed by atoms with van der Waals surface area (Å²) < 4.78 is 1.68. The average Bonchev–Trinajstić information content (AvgIpc) is 3.17. The molecule has 0 aliphatic carbocycles. The number of aliphatic hydroxyl groups is 1. The first-order valence-electron chi connectivity index (χ1n) is 7.77. The molecule has 1 aromatic heterocycles. The fourth-order valence-electron chi connectivity index (χ4n) is 2.50. The van der Waals surface area contributed by atoms with Crippen molar-refractivity contribution in [3.05, 3.63) is 77.3 Å². The summed E-state index contributed by atoms with van der Waals surface area (Å²) >= 11 is 6.18. The van der Waals surface area contributed by atoms with Crippen LogP contribution < -0.4 is 5.32 Å². The third-order valence-corrected chi connectivity index (χ3v) is 4.12. The molecule has 0 unspecified atom stereocenters. The Kier molecular flexibility index (Phi) is 5.42. The average molecular weight is 357 g/mol. The van der Waals surface area contributed by atoms with Crippen LogP contribution in [0.25, 0.3) is 5.69 Å². The Morgan fingerprint density at radius 2 is 1.88 bits per heavy atom. The molecule has 25 heavy (non-hydrogen) atoms. The van der Waals surface area contributed by atoms with Gasteiger partial charge in [0, 0.05) is 5.69 Å². The third-order valence-electron chi connectivity index (χ3n) is 3.79. The van der Waals surface area contributed by atoms with Crippen LogP contribution in [0.15, 0.2) is 61.2 Å². The van der Waals surface area contributed by atoms with E-state index in [4.69, 9.17) is 11.6 Å². The molecule has 6 nitrogen and oxygen atoms in total. The van der Waals surface area contributed by atoms with Crippen LogP contribution in [0.2, 0.25) is 5.02 Å². The van der Waals surface area contributed by atoms with Crippen LogP contribution in [0.1, 0.15) is 15.9 Å². The predicted octanol–water partition coefficient (Wildman–Crippen LogP) is 2.25. The van der Waals surface area contributed by atoms with E-state index in [1.54, 1.807) is 22.8 Å². The van der Waals surface area contributed by atoms with Crippen molar-refractivity contribution in [1.82, 2.24) is 20.1 Å². The number of nitrogens with one attached hydrogen (secondary N) is 1. The standard InChI is InChI=1S/C18H17ClN4O2/c19-17-7-6-15(23-11-20-21-12-23)9-16(17)18(25)22-14(10-24)8-13-4-2-1-3-5-13/h1-7,9,11-12,14,24H,8,10H2,(H,22,25)/t14-/m0/s1. The molecule has 1 atom stereocenters. The van der Waals surface area contributed by atoms with Gasteiger partial charge in [0.05, 0.1) is 23.2 Å². The molecule has 0 aliphatic rings. The molecular weight excluding hydrogens is 340 g/mol. The number of nitrogens with zero attached hydrogens (tertiary/aromatic N) is 3. The van der Waals surface area contributed by atoms with Gasteiger partial charge in [0.25, 0.3) is 5.91 Å². The quantitative estimate of drug-likeness (QED) is 0.710. The number of carbonyl (C=O) groups excluding carboxylic acids is 1. The third kappa shape index (κ3) is 4.23. The van der Waals surface area contributed by atoms with Gasteiger partial charge in [-0.3, -0.25) is 9.36 Å². The minimum Gasteiger partial charge on any atom is -0.394 e. The molecule has 0 spiro atoms. The lowest BCUT2D eigenvalue weighted by molar-refractivity contribution is 0.0916. The first-order chi connectivity index (χ1) is 12.2. The van der Waals surface area contributed by atoms with Crippen LogP contribution in [-0.4, -0.2) is 38.4 Å². The van der Waals surface area contributed by atoms with E-state index in [0.717, 1.165) is 11.3 Å². The molecule has 0 fully saturated rings. The Hall–Kier alpha value is -2.70. The highest BCUT2D eigenvalue weighted by Crippen LogP contribution is 2.20. The van der Waals surface area contributed by atoms with Crippen molar-refractivity contribution in [2.45, 2.75) is 12.5 Å². The largest absolute Gasteiger partial charge is 0.394 e. The van der Waals surface area contributed by atoms with Gasteiger partial charge in [0.1, 0.15) is 12.7 Å². The highest BCUT2D eigenvalue weighted by atomic mass is 35.5. The van der Waals surface area contributed by atoms with Crippen LogP contribution in [0.3, 0.4) is 0 Å². The predicted molar refractivity (Wildman–Crippen MR) is 94.9 cm³/mol. The number of hydrogen-bond acceptors (Lipinski definition) is 4.